The normalized spacial score (nSPS) is 31.0. The van der Waals surface area contributed by atoms with Gasteiger partial charge >= 0.3 is 0 Å². The summed E-state index contributed by atoms with van der Waals surface area (Å²) in [5.41, 5.74) is 0. The number of nitrogens with one attached hydrogen (secondary N) is 1. The average molecular weight is 254 g/mol. The van der Waals surface area contributed by atoms with E-state index in [0.29, 0.717) is 12.1 Å². The lowest BCUT2D eigenvalue weighted by Crippen LogP contribution is -2.44. The lowest BCUT2D eigenvalue weighted by Gasteiger charge is -2.31. The van der Waals surface area contributed by atoms with E-state index in [1.165, 1.54) is 45.2 Å². The standard InChI is InChI=1S/C15H30N2O/c1-3-15-7-9-17(8-6-13(2)16-15)10-11-18-12-14-4-5-14/h13-16H,3-12H2,1-2H3. The van der Waals surface area contributed by atoms with Gasteiger partial charge in [0.05, 0.1) is 6.61 Å². The first-order chi connectivity index (χ1) is 8.78. The summed E-state index contributed by atoms with van der Waals surface area (Å²) >= 11 is 0. The maximum Gasteiger partial charge on any atom is 0.0593 e. The summed E-state index contributed by atoms with van der Waals surface area (Å²) in [5, 5.41) is 3.72. The van der Waals surface area contributed by atoms with E-state index in [-0.39, 0.29) is 0 Å². The van der Waals surface area contributed by atoms with Crippen molar-refractivity contribution in [2.45, 2.75) is 58.0 Å². The van der Waals surface area contributed by atoms with Crippen LogP contribution < -0.4 is 5.32 Å². The Kier molecular flexibility index (Phi) is 5.93. The maximum atomic E-state index is 5.76. The van der Waals surface area contributed by atoms with Crippen LogP contribution in [0.2, 0.25) is 0 Å². The molecule has 0 amide bonds. The van der Waals surface area contributed by atoms with Crippen molar-refractivity contribution in [2.75, 3.05) is 32.8 Å². The van der Waals surface area contributed by atoms with Gasteiger partial charge in [0.1, 0.15) is 0 Å². The summed E-state index contributed by atoms with van der Waals surface area (Å²) in [7, 11) is 0. The van der Waals surface area contributed by atoms with Gasteiger partial charge in [0.2, 0.25) is 0 Å². The van der Waals surface area contributed by atoms with Crippen LogP contribution in [0.25, 0.3) is 0 Å². The minimum absolute atomic E-state index is 0.658. The van der Waals surface area contributed by atoms with E-state index in [9.17, 15) is 0 Å². The Labute approximate surface area is 112 Å². The van der Waals surface area contributed by atoms with E-state index < -0.39 is 0 Å². The Morgan fingerprint density at radius 3 is 2.67 bits per heavy atom. The van der Waals surface area contributed by atoms with E-state index in [4.69, 9.17) is 4.74 Å². The molecule has 2 atom stereocenters. The molecule has 1 saturated carbocycles. The van der Waals surface area contributed by atoms with E-state index in [1.54, 1.807) is 0 Å². The van der Waals surface area contributed by atoms with Gasteiger partial charge in [-0.1, -0.05) is 6.92 Å². The van der Waals surface area contributed by atoms with Gasteiger partial charge in [-0.15, -0.1) is 0 Å². The van der Waals surface area contributed by atoms with Crippen LogP contribution in [0.1, 0.15) is 46.0 Å². The SMILES string of the molecule is CCC1CCN(CCOCC2CC2)CCC(C)N1. The molecule has 2 rings (SSSR count). The molecule has 3 heteroatoms. The van der Waals surface area contributed by atoms with Crippen LogP contribution in [0.5, 0.6) is 0 Å². The number of hydrogen-bond donors (Lipinski definition) is 1. The first-order valence-electron chi connectivity index (χ1n) is 7.84. The lowest BCUT2D eigenvalue weighted by atomic mass is 10.1. The molecule has 106 valence electrons. The zero-order valence-electron chi connectivity index (χ0n) is 12.2. The molecule has 2 fully saturated rings. The molecule has 0 aromatic carbocycles. The Balaban J connectivity index is 1.62. The average Bonchev–Trinajstić information content (AvgIpc) is 3.16. The molecule has 1 saturated heterocycles. The van der Waals surface area contributed by atoms with Crippen LogP contribution in [0.4, 0.5) is 0 Å². The first kappa shape index (κ1) is 14.3. The highest BCUT2D eigenvalue weighted by Crippen LogP contribution is 2.28. The molecule has 2 aliphatic rings. The van der Waals surface area contributed by atoms with Crippen molar-refractivity contribution in [1.29, 1.82) is 0 Å². The van der Waals surface area contributed by atoms with Crippen LogP contribution in [0.3, 0.4) is 0 Å². The fourth-order valence-electron chi connectivity index (χ4n) is 2.67. The number of ether oxygens (including phenoxy) is 1. The molecule has 1 heterocycles. The third-order valence-corrected chi connectivity index (χ3v) is 4.29. The highest BCUT2D eigenvalue weighted by atomic mass is 16.5. The van der Waals surface area contributed by atoms with Gasteiger partial charge in [0.25, 0.3) is 0 Å². The zero-order valence-corrected chi connectivity index (χ0v) is 12.2. The van der Waals surface area contributed by atoms with Gasteiger partial charge in [-0.2, -0.15) is 0 Å². The van der Waals surface area contributed by atoms with Gasteiger partial charge in [0.15, 0.2) is 0 Å². The van der Waals surface area contributed by atoms with Crippen LogP contribution >= 0.6 is 0 Å². The third kappa shape index (κ3) is 5.25. The predicted octanol–water partition coefficient (Wildman–Crippen LogP) is 2.27. The second kappa shape index (κ2) is 7.46. The van der Waals surface area contributed by atoms with E-state index in [2.05, 4.69) is 24.1 Å². The highest BCUT2D eigenvalue weighted by Gasteiger charge is 2.21. The molecule has 3 nitrogen and oxygen atoms in total. The van der Waals surface area contributed by atoms with Crippen molar-refractivity contribution in [2.24, 2.45) is 5.92 Å². The van der Waals surface area contributed by atoms with Gasteiger partial charge < -0.3 is 15.0 Å². The molecule has 0 spiro atoms. The van der Waals surface area contributed by atoms with Crippen molar-refractivity contribution in [1.82, 2.24) is 10.2 Å². The quantitative estimate of drug-likeness (QED) is 0.736. The summed E-state index contributed by atoms with van der Waals surface area (Å²) in [4.78, 5) is 2.59. The van der Waals surface area contributed by atoms with Crippen molar-refractivity contribution in [3.8, 4) is 0 Å². The van der Waals surface area contributed by atoms with Gasteiger partial charge in [-0.3, -0.25) is 0 Å². The molecule has 0 aromatic rings. The van der Waals surface area contributed by atoms with Gasteiger partial charge in [0, 0.05) is 25.2 Å². The highest BCUT2D eigenvalue weighted by molar-refractivity contribution is 4.77. The molecular formula is C15H30N2O. The summed E-state index contributed by atoms with van der Waals surface area (Å²) in [6, 6.07) is 1.36. The molecule has 18 heavy (non-hydrogen) atoms. The lowest BCUT2D eigenvalue weighted by molar-refractivity contribution is 0.0901. The minimum atomic E-state index is 0.658. The topological polar surface area (TPSA) is 24.5 Å². The molecule has 1 aliphatic carbocycles. The largest absolute Gasteiger partial charge is 0.380 e. The summed E-state index contributed by atoms with van der Waals surface area (Å²) in [6.45, 7) is 10.1. The Morgan fingerprint density at radius 1 is 1.17 bits per heavy atom. The molecule has 1 aliphatic heterocycles. The summed E-state index contributed by atoms with van der Waals surface area (Å²) in [5.74, 6) is 0.894. The molecule has 0 aromatic heterocycles. The Hall–Kier alpha value is -0.120. The predicted molar refractivity (Wildman–Crippen MR) is 75.9 cm³/mol. The number of rotatable bonds is 6. The summed E-state index contributed by atoms with van der Waals surface area (Å²) < 4.78 is 5.76. The second-order valence-corrected chi connectivity index (χ2v) is 6.11. The molecular weight excluding hydrogens is 224 g/mol. The number of nitrogens with zero attached hydrogens (tertiary/aromatic N) is 1. The summed E-state index contributed by atoms with van der Waals surface area (Å²) in [6.07, 6.45) is 6.58. The van der Waals surface area contributed by atoms with Crippen molar-refractivity contribution >= 4 is 0 Å². The Morgan fingerprint density at radius 2 is 1.94 bits per heavy atom. The van der Waals surface area contributed by atoms with Crippen molar-refractivity contribution in [3.63, 3.8) is 0 Å². The van der Waals surface area contributed by atoms with Gasteiger partial charge in [-0.25, -0.2) is 0 Å². The van der Waals surface area contributed by atoms with Crippen LogP contribution in [-0.2, 0) is 4.74 Å². The third-order valence-electron chi connectivity index (χ3n) is 4.29. The molecule has 1 N–H and O–H groups in total. The monoisotopic (exact) mass is 254 g/mol. The smallest absolute Gasteiger partial charge is 0.0593 e. The van der Waals surface area contributed by atoms with E-state index in [1.807, 2.05) is 0 Å². The minimum Gasteiger partial charge on any atom is -0.380 e. The fourth-order valence-corrected chi connectivity index (χ4v) is 2.67. The van der Waals surface area contributed by atoms with E-state index in [0.717, 1.165) is 25.7 Å². The van der Waals surface area contributed by atoms with Crippen molar-refractivity contribution < 1.29 is 4.74 Å². The molecule has 2 unspecified atom stereocenters. The maximum absolute atomic E-state index is 5.76. The first-order valence-corrected chi connectivity index (χ1v) is 7.84. The van der Waals surface area contributed by atoms with Crippen molar-refractivity contribution in [3.05, 3.63) is 0 Å². The van der Waals surface area contributed by atoms with Crippen LogP contribution in [-0.4, -0.2) is 49.8 Å². The van der Waals surface area contributed by atoms with Crippen LogP contribution in [0, 0.1) is 5.92 Å². The fraction of sp³-hybridized carbons (Fsp3) is 1.00. The second-order valence-electron chi connectivity index (χ2n) is 6.11. The van der Waals surface area contributed by atoms with Gasteiger partial charge in [-0.05, 0) is 58.0 Å². The Bertz CT molecular complexity index is 231. The van der Waals surface area contributed by atoms with E-state index >= 15 is 0 Å². The number of hydrogen-bond acceptors (Lipinski definition) is 3. The zero-order chi connectivity index (χ0) is 12.8. The molecule has 0 bridgehead atoms. The molecule has 0 radical (unpaired) electrons. The van der Waals surface area contributed by atoms with Crippen LogP contribution in [0.15, 0.2) is 0 Å².